The molecule has 1 fully saturated rings. The average Bonchev–Trinajstić information content (AvgIpc) is 3.19. The lowest BCUT2D eigenvalue weighted by atomic mass is 10.4. The highest BCUT2D eigenvalue weighted by atomic mass is 32.2. The monoisotopic (exact) mass is 316 g/mol. The number of benzene rings is 1. The third-order valence-corrected chi connectivity index (χ3v) is 6.08. The third-order valence-electron chi connectivity index (χ3n) is 3.01. The summed E-state index contributed by atoms with van der Waals surface area (Å²) in [6.07, 6.45) is 3.02. The van der Waals surface area contributed by atoms with Crippen LogP contribution < -0.4 is 5.14 Å². The van der Waals surface area contributed by atoms with Crippen molar-refractivity contribution in [3.8, 4) is 0 Å². The smallest absolute Gasteiger partial charge is 0.225 e. The summed E-state index contributed by atoms with van der Waals surface area (Å²) in [5.74, 6) is 0. The van der Waals surface area contributed by atoms with Gasteiger partial charge in [-0.1, -0.05) is 18.2 Å². The second kappa shape index (κ2) is 5.28. The van der Waals surface area contributed by atoms with E-state index in [0.29, 0.717) is 0 Å². The molecule has 0 unspecified atom stereocenters. The minimum atomic E-state index is -4.10. The molecule has 110 valence electrons. The van der Waals surface area contributed by atoms with Gasteiger partial charge in [-0.25, -0.2) is 22.0 Å². The van der Waals surface area contributed by atoms with Crippen molar-refractivity contribution < 1.29 is 16.8 Å². The first-order valence-corrected chi connectivity index (χ1v) is 9.01. The van der Waals surface area contributed by atoms with Gasteiger partial charge >= 0.3 is 0 Å². The molecule has 1 aromatic carbocycles. The number of nitrogens with two attached hydrogens (primary N) is 1. The maximum atomic E-state index is 12.6. The van der Waals surface area contributed by atoms with E-state index >= 15 is 0 Å². The zero-order valence-electron chi connectivity index (χ0n) is 10.8. The van der Waals surface area contributed by atoms with E-state index in [1.54, 1.807) is 0 Å². The number of rotatable bonds is 6. The van der Waals surface area contributed by atoms with Crippen molar-refractivity contribution in [2.45, 2.75) is 28.7 Å². The molecule has 6 nitrogen and oxygen atoms in total. The fourth-order valence-electron chi connectivity index (χ4n) is 1.96. The fourth-order valence-corrected chi connectivity index (χ4v) is 4.97. The van der Waals surface area contributed by atoms with Crippen LogP contribution in [0.4, 0.5) is 0 Å². The van der Waals surface area contributed by atoms with Gasteiger partial charge in [0.1, 0.15) is 9.79 Å². The van der Waals surface area contributed by atoms with Crippen LogP contribution in [0.15, 0.2) is 46.7 Å². The van der Waals surface area contributed by atoms with Crippen LogP contribution in [0.1, 0.15) is 12.8 Å². The molecule has 1 aromatic rings. The van der Waals surface area contributed by atoms with E-state index in [1.165, 1.54) is 34.6 Å². The van der Waals surface area contributed by atoms with Gasteiger partial charge in [0, 0.05) is 12.6 Å². The van der Waals surface area contributed by atoms with Crippen molar-refractivity contribution in [2.24, 2.45) is 5.14 Å². The lowest BCUT2D eigenvalue weighted by Crippen LogP contribution is -2.34. The van der Waals surface area contributed by atoms with Crippen molar-refractivity contribution in [2.75, 3.05) is 6.54 Å². The average molecular weight is 316 g/mol. The number of nitrogens with zero attached hydrogens (tertiary/aromatic N) is 1. The molecule has 0 heterocycles. The van der Waals surface area contributed by atoms with E-state index in [1.807, 2.05) is 0 Å². The third kappa shape index (κ3) is 2.93. The Morgan fingerprint density at radius 1 is 1.20 bits per heavy atom. The van der Waals surface area contributed by atoms with E-state index in [9.17, 15) is 16.8 Å². The highest BCUT2D eigenvalue weighted by Gasteiger charge is 2.39. The first kappa shape index (κ1) is 15.2. The Kier molecular flexibility index (Phi) is 4.01. The largest absolute Gasteiger partial charge is 0.244 e. The summed E-state index contributed by atoms with van der Waals surface area (Å²) in [5, 5.41) is 5.09. The normalized spacial score (nSPS) is 16.3. The molecule has 20 heavy (non-hydrogen) atoms. The van der Waals surface area contributed by atoms with Crippen LogP contribution in [-0.4, -0.2) is 33.7 Å². The van der Waals surface area contributed by atoms with E-state index in [2.05, 4.69) is 6.58 Å². The summed E-state index contributed by atoms with van der Waals surface area (Å²) in [6.45, 7) is 3.68. The molecule has 0 atom stereocenters. The SMILES string of the molecule is C=CCN(C1CC1)S(=O)(=O)c1ccccc1S(N)(=O)=O. The van der Waals surface area contributed by atoms with Crippen molar-refractivity contribution in [3.63, 3.8) is 0 Å². The summed E-state index contributed by atoms with van der Waals surface area (Å²) < 4.78 is 49.6. The molecule has 0 saturated heterocycles. The van der Waals surface area contributed by atoms with Crippen LogP contribution in [-0.2, 0) is 20.0 Å². The second-order valence-corrected chi connectivity index (χ2v) is 7.98. The Bertz CT molecular complexity index is 722. The van der Waals surface area contributed by atoms with Crippen molar-refractivity contribution >= 4 is 20.0 Å². The van der Waals surface area contributed by atoms with Gasteiger partial charge in [0.05, 0.1) is 0 Å². The Hall–Kier alpha value is -1.22. The molecule has 0 bridgehead atoms. The fraction of sp³-hybridized carbons (Fsp3) is 0.333. The topological polar surface area (TPSA) is 97.5 Å². The molecule has 0 radical (unpaired) electrons. The molecule has 1 saturated carbocycles. The number of primary sulfonamides is 1. The summed E-state index contributed by atoms with van der Waals surface area (Å²) in [6, 6.07) is 5.27. The lowest BCUT2D eigenvalue weighted by molar-refractivity contribution is 0.434. The van der Waals surface area contributed by atoms with Gasteiger partial charge in [0.25, 0.3) is 0 Å². The summed E-state index contributed by atoms with van der Waals surface area (Å²) in [5.41, 5.74) is 0. The Labute approximate surface area is 119 Å². The van der Waals surface area contributed by atoms with E-state index < -0.39 is 20.0 Å². The molecule has 2 N–H and O–H groups in total. The summed E-state index contributed by atoms with van der Waals surface area (Å²) >= 11 is 0. The van der Waals surface area contributed by atoms with Gasteiger partial charge in [-0.15, -0.1) is 6.58 Å². The lowest BCUT2D eigenvalue weighted by Gasteiger charge is -2.21. The molecule has 0 aliphatic heterocycles. The van der Waals surface area contributed by atoms with Crippen molar-refractivity contribution in [1.82, 2.24) is 4.31 Å². The van der Waals surface area contributed by atoms with Crippen LogP contribution in [0.5, 0.6) is 0 Å². The molecule has 0 spiro atoms. The van der Waals surface area contributed by atoms with Crippen LogP contribution in [0.25, 0.3) is 0 Å². The summed E-state index contributed by atoms with van der Waals surface area (Å²) in [7, 11) is -8.01. The molecule has 0 aromatic heterocycles. The highest BCUT2D eigenvalue weighted by molar-refractivity contribution is 7.92. The van der Waals surface area contributed by atoms with E-state index in [4.69, 9.17) is 5.14 Å². The maximum absolute atomic E-state index is 12.6. The van der Waals surface area contributed by atoms with Gasteiger partial charge in [0.15, 0.2) is 0 Å². The molecule has 1 aliphatic carbocycles. The van der Waals surface area contributed by atoms with Crippen LogP contribution in [0, 0.1) is 0 Å². The Balaban J connectivity index is 2.57. The van der Waals surface area contributed by atoms with Crippen molar-refractivity contribution in [3.05, 3.63) is 36.9 Å². The highest BCUT2D eigenvalue weighted by Crippen LogP contribution is 2.33. The minimum absolute atomic E-state index is 0.0912. The summed E-state index contributed by atoms with van der Waals surface area (Å²) in [4.78, 5) is -0.661. The molecule has 0 amide bonds. The predicted octanol–water partition coefficient (Wildman–Crippen LogP) is 0.673. The van der Waals surface area contributed by atoms with Crippen LogP contribution in [0.3, 0.4) is 0 Å². The number of hydrogen-bond acceptors (Lipinski definition) is 4. The van der Waals surface area contributed by atoms with Crippen LogP contribution >= 0.6 is 0 Å². The van der Waals surface area contributed by atoms with Gasteiger partial charge in [-0.2, -0.15) is 4.31 Å². The maximum Gasteiger partial charge on any atom is 0.244 e. The van der Waals surface area contributed by atoms with E-state index in [0.717, 1.165) is 12.8 Å². The predicted molar refractivity (Wildman–Crippen MR) is 74.9 cm³/mol. The number of sulfonamides is 2. The molecular weight excluding hydrogens is 300 g/mol. The van der Waals surface area contributed by atoms with Gasteiger partial charge < -0.3 is 0 Å². The second-order valence-electron chi connectivity index (χ2n) is 4.59. The number of hydrogen-bond donors (Lipinski definition) is 1. The van der Waals surface area contributed by atoms with Gasteiger partial charge in [-0.05, 0) is 25.0 Å². The standard InChI is InChI=1S/C12H16N2O4S2/c1-2-9-14(10-7-8-10)20(17,18)12-6-4-3-5-11(12)19(13,15)16/h2-6,10H,1,7-9H2,(H2,13,15,16). The zero-order valence-corrected chi connectivity index (χ0v) is 12.4. The Morgan fingerprint density at radius 2 is 1.75 bits per heavy atom. The van der Waals surface area contributed by atoms with E-state index in [-0.39, 0.29) is 22.4 Å². The quantitative estimate of drug-likeness (QED) is 0.780. The first-order chi connectivity index (χ1) is 9.28. The first-order valence-electron chi connectivity index (χ1n) is 6.03. The molecular formula is C12H16N2O4S2. The Morgan fingerprint density at radius 3 is 2.20 bits per heavy atom. The molecule has 1 aliphatic rings. The molecule has 8 heteroatoms. The van der Waals surface area contributed by atoms with Gasteiger partial charge in [0.2, 0.25) is 20.0 Å². The zero-order chi connectivity index (χ0) is 15.0. The van der Waals surface area contributed by atoms with Crippen molar-refractivity contribution in [1.29, 1.82) is 0 Å². The molecule has 2 rings (SSSR count). The van der Waals surface area contributed by atoms with Crippen LogP contribution in [0.2, 0.25) is 0 Å². The minimum Gasteiger partial charge on any atom is -0.225 e. The van der Waals surface area contributed by atoms with Gasteiger partial charge in [-0.3, -0.25) is 0 Å².